The molecule has 0 aromatic carbocycles. The molecule has 2 aliphatic heterocycles. The number of hydrogen-bond donors (Lipinski definition) is 0. The number of ether oxygens (including phenoxy) is 1. The first-order valence-electron chi connectivity index (χ1n) is 6.69. The number of carbonyl (C=O) groups is 1. The van der Waals surface area contributed by atoms with E-state index in [1.807, 2.05) is 5.38 Å². The highest BCUT2D eigenvalue weighted by Crippen LogP contribution is 2.45. The zero-order valence-corrected chi connectivity index (χ0v) is 11.2. The molecule has 0 radical (unpaired) electrons. The number of amides is 1. The van der Waals surface area contributed by atoms with Crippen molar-refractivity contribution in [3.8, 4) is 0 Å². The molecule has 3 aliphatic rings. The molecule has 1 amide bonds. The van der Waals surface area contributed by atoms with Gasteiger partial charge < -0.3 is 9.64 Å². The van der Waals surface area contributed by atoms with Crippen LogP contribution in [0.2, 0.25) is 0 Å². The summed E-state index contributed by atoms with van der Waals surface area (Å²) in [6.45, 7) is 1.17. The van der Waals surface area contributed by atoms with Crippen LogP contribution in [0.5, 0.6) is 0 Å². The van der Waals surface area contributed by atoms with Crippen LogP contribution in [0.4, 0.5) is 4.39 Å². The van der Waals surface area contributed by atoms with E-state index in [1.54, 1.807) is 22.4 Å². The van der Waals surface area contributed by atoms with Gasteiger partial charge in [-0.1, -0.05) is 0 Å². The van der Waals surface area contributed by atoms with Crippen molar-refractivity contribution in [2.45, 2.75) is 37.1 Å². The van der Waals surface area contributed by atoms with Crippen LogP contribution in [0.1, 0.15) is 30.4 Å². The summed E-state index contributed by atoms with van der Waals surface area (Å²) in [6.07, 6.45) is 3.57. The molecule has 0 N–H and O–H groups in total. The van der Waals surface area contributed by atoms with Crippen molar-refractivity contribution < 1.29 is 13.9 Å². The molecule has 1 saturated carbocycles. The molecule has 4 nitrogen and oxygen atoms in total. The van der Waals surface area contributed by atoms with E-state index in [9.17, 15) is 9.18 Å². The second kappa shape index (κ2) is 3.99. The smallest absolute Gasteiger partial charge is 0.260 e. The average Bonchev–Trinajstić information content (AvgIpc) is 2.83. The Morgan fingerprint density at radius 3 is 3.00 bits per heavy atom. The van der Waals surface area contributed by atoms with Crippen LogP contribution < -0.4 is 0 Å². The number of carbonyl (C=O) groups excluding carboxylic acids is 1. The second-order valence-corrected chi connectivity index (χ2v) is 6.63. The van der Waals surface area contributed by atoms with Gasteiger partial charge in [0, 0.05) is 30.6 Å². The number of aromatic nitrogens is 1. The standard InChI is InChI=1S/C13H15FN2O2S/c14-13(1-2-13)12(17)16-6-8-5-9(18-10(8)7-16)11-15-3-4-19-11/h3-4,8-10H,1-2,5-7H2/t8-,9+,10+/m0/s1. The largest absolute Gasteiger partial charge is 0.366 e. The Morgan fingerprint density at radius 1 is 1.53 bits per heavy atom. The summed E-state index contributed by atoms with van der Waals surface area (Å²) >= 11 is 1.60. The van der Waals surface area contributed by atoms with E-state index >= 15 is 0 Å². The highest BCUT2D eigenvalue weighted by molar-refractivity contribution is 7.09. The molecule has 102 valence electrons. The van der Waals surface area contributed by atoms with Gasteiger partial charge in [0.25, 0.3) is 5.91 Å². The predicted molar refractivity (Wildman–Crippen MR) is 67.5 cm³/mol. The molecular weight excluding hydrogens is 267 g/mol. The van der Waals surface area contributed by atoms with Crippen LogP contribution >= 0.6 is 11.3 Å². The van der Waals surface area contributed by atoms with Gasteiger partial charge in [-0.15, -0.1) is 11.3 Å². The number of alkyl halides is 1. The highest BCUT2D eigenvalue weighted by atomic mass is 32.1. The quantitative estimate of drug-likeness (QED) is 0.832. The number of rotatable bonds is 2. The fourth-order valence-corrected chi connectivity index (χ4v) is 3.78. The molecule has 0 unspecified atom stereocenters. The van der Waals surface area contributed by atoms with E-state index in [2.05, 4.69) is 4.98 Å². The lowest BCUT2D eigenvalue weighted by Crippen LogP contribution is -2.38. The number of likely N-dealkylation sites (tertiary alicyclic amines) is 1. The summed E-state index contributed by atoms with van der Waals surface area (Å²) in [7, 11) is 0. The molecular formula is C13H15FN2O2S. The van der Waals surface area contributed by atoms with Crippen LogP contribution in [0.25, 0.3) is 0 Å². The number of thiazole rings is 1. The first kappa shape index (κ1) is 11.8. The number of nitrogens with zero attached hydrogens (tertiary/aromatic N) is 2. The SMILES string of the molecule is O=C(N1C[C@@H]2C[C@H](c3nccs3)O[C@@H]2C1)C1(F)CC1. The van der Waals surface area contributed by atoms with Crippen molar-refractivity contribution in [1.29, 1.82) is 0 Å². The molecule has 1 aliphatic carbocycles. The monoisotopic (exact) mass is 282 g/mol. The summed E-state index contributed by atoms with van der Waals surface area (Å²) in [5, 5.41) is 2.96. The first-order valence-corrected chi connectivity index (χ1v) is 7.57. The number of hydrogen-bond acceptors (Lipinski definition) is 4. The lowest BCUT2D eigenvalue weighted by atomic mass is 10.0. The van der Waals surface area contributed by atoms with Crippen LogP contribution in [0, 0.1) is 5.92 Å². The summed E-state index contributed by atoms with van der Waals surface area (Å²) in [5.74, 6) is 0.0106. The van der Waals surface area contributed by atoms with Gasteiger partial charge in [-0.3, -0.25) is 4.79 Å². The molecule has 3 heterocycles. The minimum Gasteiger partial charge on any atom is -0.366 e. The van der Waals surface area contributed by atoms with Crippen molar-refractivity contribution in [2.75, 3.05) is 13.1 Å². The molecule has 3 fully saturated rings. The van der Waals surface area contributed by atoms with E-state index < -0.39 is 5.67 Å². The summed E-state index contributed by atoms with van der Waals surface area (Å²) in [6, 6.07) is 0. The molecule has 6 heteroatoms. The molecule has 0 bridgehead atoms. The Hall–Kier alpha value is -1.01. The molecule has 2 saturated heterocycles. The van der Waals surface area contributed by atoms with Gasteiger partial charge in [0.05, 0.1) is 6.10 Å². The van der Waals surface area contributed by atoms with Crippen LogP contribution in [-0.2, 0) is 9.53 Å². The van der Waals surface area contributed by atoms with E-state index in [4.69, 9.17) is 4.74 Å². The minimum atomic E-state index is -1.55. The van der Waals surface area contributed by atoms with Crippen LogP contribution in [-0.4, -0.2) is 40.7 Å². The Bertz CT molecular complexity index is 489. The highest BCUT2D eigenvalue weighted by Gasteiger charge is 2.55. The molecule has 1 aromatic rings. The third-order valence-corrected chi connectivity index (χ3v) is 5.19. The second-order valence-electron chi connectivity index (χ2n) is 5.70. The van der Waals surface area contributed by atoms with Crippen LogP contribution in [0.15, 0.2) is 11.6 Å². The lowest BCUT2D eigenvalue weighted by Gasteiger charge is -2.20. The van der Waals surface area contributed by atoms with Crippen molar-refractivity contribution >= 4 is 17.2 Å². The fourth-order valence-electron chi connectivity index (χ4n) is 3.09. The normalized spacial score (nSPS) is 35.4. The van der Waals surface area contributed by atoms with E-state index in [0.717, 1.165) is 11.4 Å². The zero-order valence-electron chi connectivity index (χ0n) is 10.4. The van der Waals surface area contributed by atoms with Gasteiger partial charge in [-0.05, 0) is 19.3 Å². The summed E-state index contributed by atoms with van der Waals surface area (Å²) < 4.78 is 19.8. The van der Waals surface area contributed by atoms with Crippen LogP contribution in [0.3, 0.4) is 0 Å². The maximum absolute atomic E-state index is 13.8. The lowest BCUT2D eigenvalue weighted by molar-refractivity contribution is -0.138. The summed E-state index contributed by atoms with van der Waals surface area (Å²) in [4.78, 5) is 17.9. The third-order valence-electron chi connectivity index (χ3n) is 4.32. The number of halogens is 1. The van der Waals surface area contributed by atoms with Gasteiger partial charge in [0.2, 0.25) is 0 Å². The average molecular weight is 282 g/mol. The minimum absolute atomic E-state index is 0.0557. The molecule has 4 rings (SSSR count). The van der Waals surface area contributed by atoms with Gasteiger partial charge in [-0.25, -0.2) is 9.37 Å². The van der Waals surface area contributed by atoms with E-state index in [1.165, 1.54) is 0 Å². The van der Waals surface area contributed by atoms with Crippen molar-refractivity contribution in [3.05, 3.63) is 16.6 Å². The number of fused-ring (bicyclic) bond motifs is 1. The topological polar surface area (TPSA) is 42.4 Å². The maximum atomic E-state index is 13.8. The Morgan fingerprint density at radius 2 is 2.37 bits per heavy atom. The Balaban J connectivity index is 1.42. The van der Waals surface area contributed by atoms with Crippen molar-refractivity contribution in [3.63, 3.8) is 0 Å². The van der Waals surface area contributed by atoms with Gasteiger partial charge in [-0.2, -0.15) is 0 Å². The van der Waals surface area contributed by atoms with Gasteiger partial charge in [0.1, 0.15) is 11.1 Å². The predicted octanol–water partition coefficient (Wildman–Crippen LogP) is 1.93. The zero-order chi connectivity index (χ0) is 13.0. The first-order chi connectivity index (χ1) is 9.16. The van der Waals surface area contributed by atoms with Gasteiger partial charge in [0.15, 0.2) is 5.67 Å². The van der Waals surface area contributed by atoms with E-state index in [0.29, 0.717) is 31.8 Å². The Labute approximate surface area is 114 Å². The Kier molecular flexibility index (Phi) is 2.48. The van der Waals surface area contributed by atoms with E-state index in [-0.39, 0.29) is 18.1 Å². The molecule has 19 heavy (non-hydrogen) atoms. The fraction of sp³-hybridized carbons (Fsp3) is 0.692. The molecule has 1 aromatic heterocycles. The van der Waals surface area contributed by atoms with Crippen molar-refractivity contribution in [1.82, 2.24) is 9.88 Å². The van der Waals surface area contributed by atoms with Gasteiger partial charge >= 0.3 is 0 Å². The summed E-state index contributed by atoms with van der Waals surface area (Å²) in [5.41, 5.74) is -1.55. The molecule has 3 atom stereocenters. The molecule has 0 spiro atoms. The third kappa shape index (κ3) is 1.89. The maximum Gasteiger partial charge on any atom is 0.260 e. The van der Waals surface area contributed by atoms with Crippen molar-refractivity contribution in [2.24, 2.45) is 5.92 Å².